The predicted octanol–water partition coefficient (Wildman–Crippen LogP) is 3.38. The molecule has 1 aromatic heterocycles. The SMILES string of the molecule is O=C(Nc1nc(-c2ccccc2)ns1)C1CCN(S(=O)(=O)c2ccc(F)cc2)CC1. The highest BCUT2D eigenvalue weighted by molar-refractivity contribution is 7.89. The predicted molar refractivity (Wildman–Crippen MR) is 112 cm³/mol. The van der Waals surface area contributed by atoms with Crippen LogP contribution in [-0.4, -0.2) is 41.1 Å². The number of piperidine rings is 1. The van der Waals surface area contributed by atoms with Crippen molar-refractivity contribution in [1.29, 1.82) is 0 Å². The van der Waals surface area contributed by atoms with E-state index in [4.69, 9.17) is 0 Å². The molecule has 0 spiro atoms. The van der Waals surface area contributed by atoms with Crippen molar-refractivity contribution in [3.8, 4) is 11.4 Å². The summed E-state index contributed by atoms with van der Waals surface area (Å²) in [6, 6.07) is 14.2. The second-order valence-electron chi connectivity index (χ2n) is 6.91. The van der Waals surface area contributed by atoms with E-state index in [1.54, 1.807) is 0 Å². The van der Waals surface area contributed by atoms with Gasteiger partial charge in [0.25, 0.3) is 0 Å². The lowest BCUT2D eigenvalue weighted by Gasteiger charge is -2.30. The molecule has 1 amide bonds. The van der Waals surface area contributed by atoms with Crippen LogP contribution < -0.4 is 5.32 Å². The molecule has 1 aliphatic rings. The lowest BCUT2D eigenvalue weighted by molar-refractivity contribution is -0.120. The summed E-state index contributed by atoms with van der Waals surface area (Å²) in [7, 11) is -3.70. The van der Waals surface area contributed by atoms with Crippen molar-refractivity contribution in [3.05, 3.63) is 60.4 Å². The number of amides is 1. The van der Waals surface area contributed by atoms with Gasteiger partial charge in [-0.3, -0.25) is 4.79 Å². The zero-order valence-electron chi connectivity index (χ0n) is 15.9. The standard InChI is InChI=1S/C20H19FN4O3S2/c21-16-6-8-17(9-7-16)30(27,28)25-12-10-15(11-13-25)19(26)23-20-22-18(24-29-20)14-4-2-1-3-5-14/h1-9,15H,10-13H2,(H,22,23,24,26). The maximum Gasteiger partial charge on any atom is 0.243 e. The van der Waals surface area contributed by atoms with E-state index in [-0.39, 0.29) is 29.8 Å². The van der Waals surface area contributed by atoms with Crippen LogP contribution >= 0.6 is 11.5 Å². The number of benzene rings is 2. The maximum atomic E-state index is 13.1. The van der Waals surface area contributed by atoms with Crippen LogP contribution in [0.3, 0.4) is 0 Å². The van der Waals surface area contributed by atoms with Crippen molar-refractivity contribution in [3.63, 3.8) is 0 Å². The van der Waals surface area contributed by atoms with Crippen molar-refractivity contribution < 1.29 is 17.6 Å². The molecule has 2 aromatic carbocycles. The molecule has 0 radical (unpaired) electrons. The molecular weight excluding hydrogens is 427 g/mol. The number of halogens is 1. The zero-order chi connectivity index (χ0) is 21.1. The Bertz CT molecular complexity index is 1130. The molecule has 0 unspecified atom stereocenters. The Morgan fingerprint density at radius 2 is 1.73 bits per heavy atom. The summed E-state index contributed by atoms with van der Waals surface area (Å²) in [6.07, 6.45) is 0.799. The van der Waals surface area contributed by atoms with Gasteiger partial charge in [-0.1, -0.05) is 30.3 Å². The molecule has 30 heavy (non-hydrogen) atoms. The molecule has 156 valence electrons. The minimum absolute atomic E-state index is 0.0501. The third-order valence-electron chi connectivity index (χ3n) is 4.96. The van der Waals surface area contributed by atoms with Crippen LogP contribution in [-0.2, 0) is 14.8 Å². The summed E-state index contributed by atoms with van der Waals surface area (Å²) in [5.41, 5.74) is 0.869. The topological polar surface area (TPSA) is 92.3 Å². The lowest BCUT2D eigenvalue weighted by Crippen LogP contribution is -2.41. The van der Waals surface area contributed by atoms with Crippen molar-refractivity contribution in [2.45, 2.75) is 17.7 Å². The fourth-order valence-electron chi connectivity index (χ4n) is 3.30. The first kappa shape index (κ1) is 20.6. The first-order chi connectivity index (χ1) is 14.4. The van der Waals surface area contributed by atoms with Crippen LogP contribution in [0.5, 0.6) is 0 Å². The Morgan fingerprint density at radius 1 is 1.07 bits per heavy atom. The Kier molecular flexibility index (Phi) is 5.89. The molecule has 10 heteroatoms. The number of nitrogens with one attached hydrogen (secondary N) is 1. The second-order valence-corrected chi connectivity index (χ2v) is 9.60. The van der Waals surface area contributed by atoms with Gasteiger partial charge in [-0.25, -0.2) is 12.8 Å². The monoisotopic (exact) mass is 446 g/mol. The molecule has 1 aliphatic heterocycles. The van der Waals surface area contributed by atoms with Crippen LogP contribution in [0.2, 0.25) is 0 Å². The summed E-state index contributed by atoms with van der Waals surface area (Å²) >= 11 is 1.11. The van der Waals surface area contributed by atoms with E-state index < -0.39 is 15.8 Å². The fraction of sp³-hybridized carbons (Fsp3) is 0.250. The van der Waals surface area contributed by atoms with Gasteiger partial charge in [-0.05, 0) is 37.1 Å². The van der Waals surface area contributed by atoms with Gasteiger partial charge in [0.05, 0.1) is 4.90 Å². The average Bonchev–Trinajstić information content (AvgIpc) is 3.23. The van der Waals surface area contributed by atoms with E-state index in [0.29, 0.717) is 23.8 Å². The van der Waals surface area contributed by atoms with Crippen LogP contribution in [0.1, 0.15) is 12.8 Å². The minimum atomic E-state index is -3.70. The van der Waals surface area contributed by atoms with Gasteiger partial charge >= 0.3 is 0 Å². The van der Waals surface area contributed by atoms with Crippen molar-refractivity contribution >= 4 is 32.6 Å². The third-order valence-corrected chi connectivity index (χ3v) is 7.51. The second kappa shape index (κ2) is 8.58. The number of hydrogen-bond donors (Lipinski definition) is 1. The van der Waals surface area contributed by atoms with Crippen LogP contribution in [0, 0.1) is 11.7 Å². The van der Waals surface area contributed by atoms with Gasteiger partial charge < -0.3 is 5.32 Å². The van der Waals surface area contributed by atoms with E-state index >= 15 is 0 Å². The number of rotatable bonds is 5. The number of carbonyl (C=O) groups excluding carboxylic acids is 1. The fourth-order valence-corrected chi connectivity index (χ4v) is 5.36. The molecule has 7 nitrogen and oxygen atoms in total. The van der Waals surface area contributed by atoms with Crippen molar-refractivity contribution in [1.82, 2.24) is 13.7 Å². The Labute approximate surface area is 177 Å². The van der Waals surface area contributed by atoms with Crippen LogP contribution in [0.25, 0.3) is 11.4 Å². The van der Waals surface area contributed by atoms with Gasteiger partial charge in [0.1, 0.15) is 5.82 Å². The van der Waals surface area contributed by atoms with Gasteiger partial charge in [-0.15, -0.1) is 0 Å². The Morgan fingerprint density at radius 3 is 2.40 bits per heavy atom. The molecule has 0 aliphatic carbocycles. The summed E-state index contributed by atoms with van der Waals surface area (Å²) in [4.78, 5) is 17.0. The minimum Gasteiger partial charge on any atom is -0.300 e. The van der Waals surface area contributed by atoms with Gasteiger partial charge in [-0.2, -0.15) is 13.7 Å². The normalized spacial score (nSPS) is 15.8. The molecule has 0 bridgehead atoms. The van der Waals surface area contributed by atoms with Crippen molar-refractivity contribution in [2.75, 3.05) is 18.4 Å². The molecule has 2 heterocycles. The largest absolute Gasteiger partial charge is 0.300 e. The number of anilines is 1. The summed E-state index contributed by atoms with van der Waals surface area (Å²) in [5.74, 6) is -0.439. The Balaban J connectivity index is 1.36. The molecule has 3 aromatic rings. The van der Waals surface area contributed by atoms with E-state index in [1.807, 2.05) is 30.3 Å². The zero-order valence-corrected chi connectivity index (χ0v) is 17.5. The number of hydrogen-bond acceptors (Lipinski definition) is 6. The summed E-state index contributed by atoms with van der Waals surface area (Å²) in [6.45, 7) is 0.451. The molecule has 0 saturated carbocycles. The van der Waals surface area contributed by atoms with E-state index in [0.717, 1.165) is 29.2 Å². The van der Waals surface area contributed by atoms with E-state index in [2.05, 4.69) is 14.7 Å². The van der Waals surface area contributed by atoms with Crippen LogP contribution in [0.15, 0.2) is 59.5 Å². The molecule has 1 N–H and O–H groups in total. The first-order valence-electron chi connectivity index (χ1n) is 9.39. The molecule has 0 atom stereocenters. The highest BCUT2D eigenvalue weighted by Crippen LogP contribution is 2.26. The van der Waals surface area contributed by atoms with Gasteiger partial charge in [0, 0.05) is 36.1 Å². The molecule has 4 rings (SSSR count). The quantitative estimate of drug-likeness (QED) is 0.649. The molecule has 1 fully saturated rings. The molecular formula is C20H19FN4O3S2. The van der Waals surface area contributed by atoms with Gasteiger partial charge in [0.15, 0.2) is 5.82 Å². The third kappa shape index (κ3) is 4.40. The molecule has 1 saturated heterocycles. The smallest absolute Gasteiger partial charge is 0.243 e. The van der Waals surface area contributed by atoms with Gasteiger partial charge in [0.2, 0.25) is 21.1 Å². The summed E-state index contributed by atoms with van der Waals surface area (Å²) in [5, 5.41) is 3.21. The number of nitrogens with zero attached hydrogens (tertiary/aromatic N) is 3. The lowest BCUT2D eigenvalue weighted by atomic mass is 9.97. The summed E-state index contributed by atoms with van der Waals surface area (Å²) < 4.78 is 44.1. The van der Waals surface area contributed by atoms with Crippen molar-refractivity contribution in [2.24, 2.45) is 5.92 Å². The first-order valence-corrected chi connectivity index (χ1v) is 11.6. The Hall–Kier alpha value is -2.69. The highest BCUT2D eigenvalue weighted by atomic mass is 32.2. The van der Waals surface area contributed by atoms with E-state index in [1.165, 1.54) is 16.4 Å². The number of aromatic nitrogens is 2. The average molecular weight is 447 g/mol. The number of sulfonamides is 1. The van der Waals surface area contributed by atoms with Crippen LogP contribution in [0.4, 0.5) is 9.52 Å². The van der Waals surface area contributed by atoms with E-state index in [9.17, 15) is 17.6 Å². The maximum absolute atomic E-state index is 13.1. The highest BCUT2D eigenvalue weighted by Gasteiger charge is 2.32. The number of carbonyl (C=O) groups is 1.